The van der Waals surface area contributed by atoms with Gasteiger partial charge in [0.15, 0.2) is 0 Å². The maximum Gasteiger partial charge on any atom is 0.259 e. The first-order valence-electron chi connectivity index (χ1n) is 7.28. The Morgan fingerprint density at radius 3 is 2.50 bits per heavy atom. The van der Waals surface area contributed by atoms with Crippen LogP contribution in [0.25, 0.3) is 17.1 Å². The number of rotatable bonds is 2. The highest BCUT2D eigenvalue weighted by atomic mass is 16.2. The molecule has 0 atom stereocenters. The molecule has 0 radical (unpaired) electrons. The average Bonchev–Trinajstić information content (AvgIpc) is 2.90. The van der Waals surface area contributed by atoms with Crippen LogP contribution in [-0.2, 0) is 0 Å². The van der Waals surface area contributed by atoms with Gasteiger partial charge in [0.1, 0.15) is 6.33 Å². The predicted molar refractivity (Wildman–Crippen MR) is 89.9 cm³/mol. The van der Waals surface area contributed by atoms with Gasteiger partial charge in [-0.2, -0.15) is 0 Å². The normalized spacial score (nSPS) is 11.9. The molecule has 0 unspecified atom stereocenters. The number of benzene rings is 2. The van der Waals surface area contributed by atoms with Gasteiger partial charge in [-0.05, 0) is 55.7 Å². The lowest BCUT2D eigenvalue weighted by atomic mass is 10.1. The Hall–Kier alpha value is -2.68. The first-order chi connectivity index (χ1) is 10.6. The molecular weight excluding hydrogens is 272 g/mol. The molecule has 0 spiro atoms. The lowest BCUT2D eigenvalue weighted by molar-refractivity contribution is 0.0961. The molecule has 0 saturated heterocycles. The van der Waals surface area contributed by atoms with Crippen LogP contribution in [0.2, 0.25) is 0 Å². The van der Waals surface area contributed by atoms with E-state index in [-0.39, 0.29) is 5.91 Å². The molecule has 0 bridgehead atoms. The average molecular weight is 290 g/mol. The minimum Gasteiger partial charge on any atom is -0.269 e. The van der Waals surface area contributed by atoms with E-state index >= 15 is 0 Å². The molecule has 1 heterocycles. The van der Waals surface area contributed by atoms with Gasteiger partial charge in [0.05, 0.1) is 11.0 Å². The molecule has 0 aliphatic carbocycles. The number of imidazole rings is 1. The number of nitrogens with zero attached hydrogens (tertiary/aromatic N) is 2. The van der Waals surface area contributed by atoms with Crippen LogP contribution in [-0.4, -0.2) is 15.5 Å². The van der Waals surface area contributed by atoms with Crippen LogP contribution in [0.1, 0.15) is 28.4 Å². The van der Waals surface area contributed by atoms with Crippen molar-refractivity contribution in [3.63, 3.8) is 0 Å². The highest BCUT2D eigenvalue weighted by Crippen LogP contribution is 2.20. The Balaban J connectivity index is 2.02. The largest absolute Gasteiger partial charge is 0.269 e. The number of hydrogen-bond donors (Lipinski definition) is 0. The van der Waals surface area contributed by atoms with Crippen molar-refractivity contribution >= 4 is 23.0 Å². The molecule has 3 nitrogen and oxygen atoms in total. The number of carbonyl (C=O) groups is 1. The van der Waals surface area contributed by atoms with Crippen molar-refractivity contribution in [2.24, 2.45) is 0 Å². The van der Waals surface area contributed by atoms with E-state index in [2.05, 4.69) is 11.9 Å². The molecule has 0 aliphatic heterocycles. The molecule has 0 aliphatic rings. The summed E-state index contributed by atoms with van der Waals surface area (Å²) in [7, 11) is 0. The first-order valence-corrected chi connectivity index (χ1v) is 7.28. The zero-order valence-corrected chi connectivity index (χ0v) is 13.0. The maximum absolute atomic E-state index is 12.7. The summed E-state index contributed by atoms with van der Waals surface area (Å²) >= 11 is 0. The standard InChI is InChI=1S/C19H18N2O/c1-13-10-17-18(11-14(13)2)21(12-20-17)19(22)15(3)9-16-7-5-4-6-8-16/h4-12H,1-3H3/b15-9+. The highest BCUT2D eigenvalue weighted by molar-refractivity contribution is 6.03. The number of fused-ring (bicyclic) bond motifs is 1. The maximum atomic E-state index is 12.7. The summed E-state index contributed by atoms with van der Waals surface area (Å²) in [6, 6.07) is 13.9. The second kappa shape index (κ2) is 5.60. The van der Waals surface area contributed by atoms with E-state index in [1.807, 2.05) is 62.4 Å². The van der Waals surface area contributed by atoms with E-state index in [9.17, 15) is 4.79 Å². The van der Waals surface area contributed by atoms with Gasteiger partial charge in [-0.15, -0.1) is 0 Å². The van der Waals surface area contributed by atoms with Crippen molar-refractivity contribution in [3.05, 3.63) is 71.1 Å². The third kappa shape index (κ3) is 2.58. The molecular formula is C19H18N2O. The summed E-state index contributed by atoms with van der Waals surface area (Å²) in [5.74, 6) is -0.0467. The molecule has 0 saturated carbocycles. The van der Waals surface area contributed by atoms with Gasteiger partial charge >= 0.3 is 0 Å². The number of aromatic nitrogens is 2. The summed E-state index contributed by atoms with van der Waals surface area (Å²) in [5.41, 5.74) is 5.75. The number of allylic oxidation sites excluding steroid dienone is 1. The smallest absolute Gasteiger partial charge is 0.259 e. The molecule has 2 aromatic carbocycles. The Kier molecular flexibility index (Phi) is 3.63. The fourth-order valence-electron chi connectivity index (χ4n) is 2.48. The van der Waals surface area contributed by atoms with Crippen LogP contribution in [0, 0.1) is 13.8 Å². The van der Waals surface area contributed by atoms with Crippen molar-refractivity contribution < 1.29 is 4.79 Å². The molecule has 0 fully saturated rings. The Morgan fingerprint density at radius 1 is 1.09 bits per heavy atom. The lowest BCUT2D eigenvalue weighted by Gasteiger charge is -2.05. The zero-order valence-electron chi connectivity index (χ0n) is 13.0. The minimum absolute atomic E-state index is 0.0467. The second-order valence-electron chi connectivity index (χ2n) is 5.58. The van der Waals surface area contributed by atoms with Crippen LogP contribution in [0.3, 0.4) is 0 Å². The van der Waals surface area contributed by atoms with Gasteiger partial charge < -0.3 is 0 Å². The van der Waals surface area contributed by atoms with E-state index in [4.69, 9.17) is 0 Å². The Bertz CT molecular complexity index is 873. The van der Waals surface area contributed by atoms with E-state index in [0.717, 1.165) is 22.2 Å². The number of aryl methyl sites for hydroxylation is 2. The molecule has 3 aromatic rings. The zero-order chi connectivity index (χ0) is 15.7. The summed E-state index contributed by atoms with van der Waals surface area (Å²) in [6.45, 7) is 5.93. The topological polar surface area (TPSA) is 34.9 Å². The fourth-order valence-corrected chi connectivity index (χ4v) is 2.48. The van der Waals surface area contributed by atoms with Crippen LogP contribution in [0.4, 0.5) is 0 Å². The molecule has 3 rings (SSSR count). The molecule has 0 N–H and O–H groups in total. The number of carbonyl (C=O) groups excluding carboxylic acids is 1. The van der Waals surface area contributed by atoms with Crippen molar-refractivity contribution in [1.29, 1.82) is 0 Å². The van der Waals surface area contributed by atoms with Crippen LogP contribution in [0.5, 0.6) is 0 Å². The first kappa shape index (κ1) is 14.3. The van der Waals surface area contributed by atoms with Crippen LogP contribution in [0.15, 0.2) is 54.4 Å². The Labute approximate surface area is 129 Å². The lowest BCUT2D eigenvalue weighted by Crippen LogP contribution is -2.10. The van der Waals surface area contributed by atoms with Crippen LogP contribution < -0.4 is 0 Å². The van der Waals surface area contributed by atoms with Crippen LogP contribution >= 0.6 is 0 Å². The highest BCUT2D eigenvalue weighted by Gasteiger charge is 2.12. The van der Waals surface area contributed by atoms with Gasteiger partial charge in [0, 0.05) is 5.57 Å². The van der Waals surface area contributed by atoms with E-state index < -0.39 is 0 Å². The third-order valence-electron chi connectivity index (χ3n) is 3.90. The molecule has 3 heteroatoms. The van der Waals surface area contributed by atoms with Crippen molar-refractivity contribution in [2.45, 2.75) is 20.8 Å². The SMILES string of the molecule is C/C(=C\c1ccccc1)C(=O)n1cnc2cc(C)c(C)cc21. The summed E-state index contributed by atoms with van der Waals surface area (Å²) < 4.78 is 1.62. The summed E-state index contributed by atoms with van der Waals surface area (Å²) in [6.07, 6.45) is 3.50. The van der Waals surface area contributed by atoms with Crippen molar-refractivity contribution in [3.8, 4) is 0 Å². The monoisotopic (exact) mass is 290 g/mol. The van der Waals surface area contributed by atoms with E-state index in [1.54, 1.807) is 10.9 Å². The van der Waals surface area contributed by atoms with Gasteiger partial charge in [-0.25, -0.2) is 4.98 Å². The molecule has 22 heavy (non-hydrogen) atoms. The van der Waals surface area contributed by atoms with Gasteiger partial charge in [0.25, 0.3) is 5.91 Å². The van der Waals surface area contributed by atoms with Gasteiger partial charge in [0.2, 0.25) is 0 Å². The summed E-state index contributed by atoms with van der Waals surface area (Å²) in [4.78, 5) is 17.0. The van der Waals surface area contributed by atoms with E-state index in [1.165, 1.54) is 5.56 Å². The molecule has 1 aromatic heterocycles. The predicted octanol–water partition coefficient (Wildman–Crippen LogP) is 4.40. The Morgan fingerprint density at radius 2 is 1.77 bits per heavy atom. The molecule has 0 amide bonds. The van der Waals surface area contributed by atoms with Crippen molar-refractivity contribution in [1.82, 2.24) is 9.55 Å². The molecule has 110 valence electrons. The second-order valence-corrected chi connectivity index (χ2v) is 5.58. The summed E-state index contributed by atoms with van der Waals surface area (Å²) in [5, 5.41) is 0. The van der Waals surface area contributed by atoms with Gasteiger partial charge in [-0.1, -0.05) is 30.3 Å². The van der Waals surface area contributed by atoms with Gasteiger partial charge in [-0.3, -0.25) is 9.36 Å². The number of hydrogen-bond acceptors (Lipinski definition) is 2. The quantitative estimate of drug-likeness (QED) is 0.656. The fraction of sp³-hybridized carbons (Fsp3) is 0.158. The minimum atomic E-state index is -0.0467. The van der Waals surface area contributed by atoms with E-state index in [0.29, 0.717) is 5.57 Å². The third-order valence-corrected chi connectivity index (χ3v) is 3.90. The van der Waals surface area contributed by atoms with Crippen molar-refractivity contribution in [2.75, 3.05) is 0 Å².